The molecule has 0 saturated heterocycles. The average Bonchev–Trinajstić information content (AvgIpc) is 2.91. The Labute approximate surface area is 123 Å². The van der Waals surface area contributed by atoms with E-state index < -0.39 is 0 Å². The minimum absolute atomic E-state index is 0.281. The van der Waals surface area contributed by atoms with E-state index in [1.807, 2.05) is 31.2 Å². The average molecular weight is 283 g/mol. The lowest BCUT2D eigenvalue weighted by Gasteiger charge is -2.12. The molecule has 0 unspecified atom stereocenters. The van der Waals surface area contributed by atoms with Crippen LogP contribution in [0.25, 0.3) is 5.69 Å². The molecule has 108 valence electrons. The van der Waals surface area contributed by atoms with Gasteiger partial charge in [0.2, 0.25) is 0 Å². The van der Waals surface area contributed by atoms with Crippen LogP contribution in [-0.2, 0) is 4.74 Å². The quantitative estimate of drug-likeness (QED) is 0.854. The maximum absolute atomic E-state index is 12.3. The van der Waals surface area contributed by atoms with Crippen LogP contribution < -0.4 is 5.32 Å². The highest BCUT2D eigenvalue weighted by Crippen LogP contribution is 2.19. The fourth-order valence-electron chi connectivity index (χ4n) is 2.14. The molecular formula is C16H17N3O2. The Kier molecular flexibility index (Phi) is 4.75. The lowest BCUT2D eigenvalue weighted by Crippen LogP contribution is -2.29. The fraction of sp³-hybridized carbons (Fsp3) is 0.250. The van der Waals surface area contributed by atoms with Crippen molar-refractivity contribution < 1.29 is 9.53 Å². The maximum Gasteiger partial charge on any atom is 0.269 e. The zero-order valence-corrected chi connectivity index (χ0v) is 12.1. The molecule has 5 heteroatoms. The van der Waals surface area contributed by atoms with Crippen molar-refractivity contribution in [3.8, 4) is 11.8 Å². The molecule has 0 fully saturated rings. The third-order valence-electron chi connectivity index (χ3n) is 3.19. The van der Waals surface area contributed by atoms with Gasteiger partial charge in [-0.3, -0.25) is 4.79 Å². The molecule has 1 N–H and O–H groups in total. The molecule has 0 aliphatic carbocycles. The third kappa shape index (κ3) is 3.12. The number of benzene rings is 1. The number of hydrogen-bond acceptors (Lipinski definition) is 3. The molecule has 1 heterocycles. The number of nitriles is 1. The van der Waals surface area contributed by atoms with E-state index in [0.29, 0.717) is 24.4 Å². The molecule has 2 aromatic rings. The van der Waals surface area contributed by atoms with E-state index in [1.165, 1.54) is 0 Å². The van der Waals surface area contributed by atoms with Crippen LogP contribution in [0.2, 0.25) is 0 Å². The Morgan fingerprint density at radius 2 is 2.14 bits per heavy atom. The number of rotatable bonds is 5. The van der Waals surface area contributed by atoms with E-state index in [2.05, 4.69) is 11.4 Å². The van der Waals surface area contributed by atoms with Crippen LogP contribution in [-0.4, -0.2) is 30.7 Å². The number of methoxy groups -OCH3 is 1. The summed E-state index contributed by atoms with van der Waals surface area (Å²) < 4.78 is 6.66. The number of para-hydroxylation sites is 1. The van der Waals surface area contributed by atoms with Gasteiger partial charge in [0.05, 0.1) is 12.2 Å². The van der Waals surface area contributed by atoms with Crippen molar-refractivity contribution in [2.45, 2.75) is 6.92 Å². The predicted octanol–water partition coefficient (Wildman–Crippen LogP) is 2.03. The third-order valence-corrected chi connectivity index (χ3v) is 3.19. The summed E-state index contributed by atoms with van der Waals surface area (Å²) in [5.74, 6) is -0.281. The molecule has 0 spiro atoms. The number of amides is 1. The van der Waals surface area contributed by atoms with Crippen molar-refractivity contribution in [2.75, 3.05) is 20.3 Å². The number of aryl methyl sites for hydroxylation is 1. The summed E-state index contributed by atoms with van der Waals surface area (Å²) in [6.07, 6.45) is 1.74. The number of ether oxygens (including phenoxy) is 1. The van der Waals surface area contributed by atoms with Gasteiger partial charge >= 0.3 is 0 Å². The van der Waals surface area contributed by atoms with Gasteiger partial charge in [-0.25, -0.2) is 0 Å². The summed E-state index contributed by atoms with van der Waals surface area (Å²) in [6, 6.07) is 11.4. The molecule has 0 saturated carbocycles. The first-order chi connectivity index (χ1) is 10.2. The fourth-order valence-corrected chi connectivity index (χ4v) is 2.14. The van der Waals surface area contributed by atoms with Gasteiger partial charge in [-0.1, -0.05) is 18.2 Å². The smallest absolute Gasteiger partial charge is 0.269 e. The molecule has 0 bridgehead atoms. The minimum Gasteiger partial charge on any atom is -0.383 e. The zero-order valence-electron chi connectivity index (χ0n) is 12.1. The van der Waals surface area contributed by atoms with Gasteiger partial charge in [-0.05, 0) is 24.6 Å². The Bertz CT molecular complexity index is 683. The summed E-state index contributed by atoms with van der Waals surface area (Å²) in [4.78, 5) is 12.3. The number of carbonyl (C=O) groups is 1. The first-order valence-corrected chi connectivity index (χ1v) is 6.63. The van der Waals surface area contributed by atoms with Gasteiger partial charge < -0.3 is 14.6 Å². The Morgan fingerprint density at radius 3 is 2.81 bits per heavy atom. The Hall–Kier alpha value is -2.58. The Balaban J connectivity index is 2.41. The van der Waals surface area contributed by atoms with Crippen LogP contribution in [0.4, 0.5) is 0 Å². The number of nitrogens with zero attached hydrogens (tertiary/aromatic N) is 2. The van der Waals surface area contributed by atoms with Crippen molar-refractivity contribution in [3.05, 3.63) is 53.3 Å². The molecule has 0 aliphatic heterocycles. The minimum atomic E-state index is -0.281. The van der Waals surface area contributed by atoms with E-state index in [1.54, 1.807) is 23.9 Å². The van der Waals surface area contributed by atoms with Crippen LogP contribution in [0.5, 0.6) is 0 Å². The molecule has 1 aromatic carbocycles. The topological polar surface area (TPSA) is 67.0 Å². The van der Waals surface area contributed by atoms with E-state index in [-0.39, 0.29) is 5.91 Å². The van der Waals surface area contributed by atoms with E-state index >= 15 is 0 Å². The molecule has 2 rings (SSSR count). The van der Waals surface area contributed by atoms with Gasteiger partial charge in [-0.2, -0.15) is 5.26 Å². The number of nitrogens with one attached hydrogen (secondary N) is 1. The first-order valence-electron chi connectivity index (χ1n) is 6.63. The van der Waals surface area contributed by atoms with Gasteiger partial charge in [-0.15, -0.1) is 0 Å². The van der Waals surface area contributed by atoms with Crippen LogP contribution in [0.1, 0.15) is 21.6 Å². The molecule has 0 aliphatic rings. The van der Waals surface area contributed by atoms with Gasteiger partial charge in [0.25, 0.3) is 5.91 Å². The van der Waals surface area contributed by atoms with E-state index in [0.717, 1.165) is 11.3 Å². The molecule has 0 radical (unpaired) electrons. The predicted molar refractivity (Wildman–Crippen MR) is 79.4 cm³/mol. The largest absolute Gasteiger partial charge is 0.383 e. The maximum atomic E-state index is 12.3. The molecule has 0 atom stereocenters. The van der Waals surface area contributed by atoms with Crippen molar-refractivity contribution in [3.63, 3.8) is 0 Å². The number of hydrogen-bond donors (Lipinski definition) is 1. The molecule has 21 heavy (non-hydrogen) atoms. The second-order valence-corrected chi connectivity index (χ2v) is 4.60. The van der Waals surface area contributed by atoms with Crippen molar-refractivity contribution in [1.82, 2.24) is 9.88 Å². The van der Waals surface area contributed by atoms with Gasteiger partial charge in [0.15, 0.2) is 0 Å². The summed E-state index contributed by atoms with van der Waals surface area (Å²) >= 11 is 0. The van der Waals surface area contributed by atoms with Crippen molar-refractivity contribution >= 4 is 5.91 Å². The van der Waals surface area contributed by atoms with Gasteiger partial charge in [0.1, 0.15) is 11.8 Å². The van der Waals surface area contributed by atoms with Crippen LogP contribution in [0.3, 0.4) is 0 Å². The summed E-state index contributed by atoms with van der Waals surface area (Å²) in [7, 11) is 1.57. The Morgan fingerprint density at radius 1 is 1.38 bits per heavy atom. The second-order valence-electron chi connectivity index (χ2n) is 4.60. The zero-order chi connectivity index (χ0) is 15.2. The molecule has 1 aromatic heterocycles. The highest BCUT2D eigenvalue weighted by atomic mass is 16.5. The first kappa shape index (κ1) is 14.8. The number of carbonyl (C=O) groups excluding carboxylic acids is 1. The van der Waals surface area contributed by atoms with Gasteiger partial charge in [0, 0.05) is 25.5 Å². The summed E-state index contributed by atoms with van der Waals surface area (Å²) in [5, 5.41) is 12.0. The monoisotopic (exact) mass is 283 g/mol. The lowest BCUT2D eigenvalue weighted by atomic mass is 10.2. The van der Waals surface area contributed by atoms with Crippen molar-refractivity contribution in [1.29, 1.82) is 5.26 Å². The van der Waals surface area contributed by atoms with Crippen LogP contribution in [0, 0.1) is 18.3 Å². The SMILES string of the molecule is COCCNC(=O)c1c(C#N)ccn1-c1ccccc1C. The molecular weight excluding hydrogens is 266 g/mol. The number of aromatic nitrogens is 1. The summed E-state index contributed by atoms with van der Waals surface area (Å²) in [5.41, 5.74) is 2.62. The summed E-state index contributed by atoms with van der Waals surface area (Å²) in [6.45, 7) is 2.80. The van der Waals surface area contributed by atoms with Crippen molar-refractivity contribution in [2.24, 2.45) is 0 Å². The molecule has 5 nitrogen and oxygen atoms in total. The highest BCUT2D eigenvalue weighted by Gasteiger charge is 2.18. The standard InChI is InChI=1S/C16H17N3O2/c1-12-5-3-4-6-14(12)19-9-7-13(11-17)15(19)16(20)18-8-10-21-2/h3-7,9H,8,10H2,1-2H3,(H,18,20). The van der Waals surface area contributed by atoms with E-state index in [9.17, 15) is 10.1 Å². The normalized spacial score (nSPS) is 10.1. The molecule has 1 amide bonds. The lowest BCUT2D eigenvalue weighted by molar-refractivity contribution is 0.0930. The van der Waals surface area contributed by atoms with Crippen LogP contribution >= 0.6 is 0 Å². The van der Waals surface area contributed by atoms with Crippen LogP contribution in [0.15, 0.2) is 36.5 Å². The van der Waals surface area contributed by atoms with E-state index in [4.69, 9.17) is 4.74 Å². The highest BCUT2D eigenvalue weighted by molar-refractivity contribution is 5.96. The second kappa shape index (κ2) is 6.73.